The molecule has 0 saturated heterocycles. The van der Waals surface area contributed by atoms with E-state index in [1.54, 1.807) is 0 Å². The first-order chi connectivity index (χ1) is 14.5. The summed E-state index contributed by atoms with van der Waals surface area (Å²) in [7, 11) is 0. The van der Waals surface area contributed by atoms with Gasteiger partial charge in [0.2, 0.25) is 0 Å². The summed E-state index contributed by atoms with van der Waals surface area (Å²) in [5, 5.41) is 4.98. The van der Waals surface area contributed by atoms with Gasteiger partial charge in [-0.1, -0.05) is 88.0 Å². The van der Waals surface area contributed by atoms with Gasteiger partial charge in [-0.15, -0.1) is 0 Å². The fourth-order valence-electron chi connectivity index (χ4n) is 4.57. The molecule has 0 atom stereocenters. The van der Waals surface area contributed by atoms with Crippen molar-refractivity contribution in [2.75, 3.05) is 0 Å². The van der Waals surface area contributed by atoms with Gasteiger partial charge in [0.25, 0.3) is 0 Å². The molecule has 0 aromatic heterocycles. The van der Waals surface area contributed by atoms with Gasteiger partial charge in [0.1, 0.15) is 0 Å². The first-order valence-electron chi connectivity index (χ1n) is 9.46. The molecule has 0 amide bonds. The van der Waals surface area contributed by atoms with Crippen molar-refractivity contribution in [2.24, 2.45) is 0 Å². The molecule has 0 aliphatic heterocycles. The Bertz CT molecular complexity index is 1510. The lowest BCUT2D eigenvalue weighted by Crippen LogP contribution is -2.12. The molecule has 0 N–H and O–H groups in total. The third kappa shape index (κ3) is 2.81. The van der Waals surface area contributed by atoms with Gasteiger partial charge in [-0.3, -0.25) is 0 Å². The summed E-state index contributed by atoms with van der Waals surface area (Å²) >= 11 is 15.0. The minimum Gasteiger partial charge on any atom is -0.0526 e. The lowest BCUT2D eigenvalue weighted by molar-refractivity contribution is 1.37. The second-order valence-electron chi connectivity index (χ2n) is 7.52. The van der Waals surface area contributed by atoms with Gasteiger partial charge < -0.3 is 0 Å². The number of rotatable bonds is 0. The molecule has 2 aliphatic carbocycles. The van der Waals surface area contributed by atoms with E-state index in [9.17, 15) is 0 Å². The van der Waals surface area contributed by atoms with E-state index in [1.807, 2.05) is 0 Å². The first kappa shape index (κ1) is 19.2. The summed E-state index contributed by atoms with van der Waals surface area (Å²) in [6, 6.07) is 21.8. The van der Waals surface area contributed by atoms with Crippen molar-refractivity contribution in [2.45, 2.75) is 0 Å². The number of benzene rings is 4. The normalized spacial score (nSPS) is 13.7. The summed E-state index contributed by atoms with van der Waals surface area (Å²) in [4.78, 5) is 0. The van der Waals surface area contributed by atoms with E-state index in [0.717, 1.165) is 17.9 Å². The maximum atomic E-state index is 3.86. The van der Waals surface area contributed by atoms with Crippen LogP contribution in [-0.2, 0) is 0 Å². The van der Waals surface area contributed by atoms with Gasteiger partial charge in [-0.05, 0) is 92.4 Å². The van der Waals surface area contributed by atoms with E-state index >= 15 is 0 Å². The molecule has 0 spiro atoms. The van der Waals surface area contributed by atoms with Gasteiger partial charge in [-0.25, -0.2) is 0 Å². The van der Waals surface area contributed by atoms with Crippen molar-refractivity contribution in [3.05, 3.63) is 111 Å². The smallest absolute Gasteiger partial charge is 0.0260 e. The molecular weight excluding hydrogens is 632 g/mol. The molecule has 0 heterocycles. The Morgan fingerprint density at radius 1 is 0.433 bits per heavy atom. The van der Waals surface area contributed by atoms with E-state index < -0.39 is 0 Å². The highest BCUT2D eigenvalue weighted by molar-refractivity contribution is 9.11. The van der Waals surface area contributed by atoms with E-state index in [0.29, 0.717) is 0 Å². The molecule has 0 fully saturated rings. The van der Waals surface area contributed by atoms with Crippen LogP contribution in [0.2, 0.25) is 0 Å². The molecule has 4 aromatic carbocycles. The van der Waals surface area contributed by atoms with Crippen molar-refractivity contribution in [3.8, 4) is 22.3 Å². The van der Waals surface area contributed by atoms with Crippen molar-refractivity contribution < 1.29 is 0 Å². The van der Waals surface area contributed by atoms with Crippen LogP contribution in [0.4, 0.5) is 0 Å². The number of fused-ring (bicyclic) bond motifs is 6. The van der Waals surface area contributed by atoms with Crippen molar-refractivity contribution >= 4 is 75.9 Å². The maximum absolute atomic E-state index is 3.86. The Morgan fingerprint density at radius 2 is 0.833 bits per heavy atom. The van der Waals surface area contributed by atoms with Crippen LogP contribution in [0, 0.1) is 10.4 Å². The lowest BCUT2D eigenvalue weighted by atomic mass is 10.0. The van der Waals surface area contributed by atoms with Crippen LogP contribution < -0.4 is 10.4 Å². The Balaban J connectivity index is 1.85. The number of hydrogen-bond acceptors (Lipinski definition) is 0. The second kappa shape index (κ2) is 7.03. The molecule has 30 heavy (non-hydrogen) atoms. The quantitative estimate of drug-likeness (QED) is 0.160. The van der Waals surface area contributed by atoms with Gasteiger partial charge in [0.15, 0.2) is 0 Å². The Hall–Kier alpha value is -1.46. The molecule has 6 rings (SSSR count). The zero-order valence-corrected chi connectivity index (χ0v) is 21.8. The van der Waals surface area contributed by atoms with Crippen LogP contribution in [0.15, 0.2) is 78.6 Å². The van der Waals surface area contributed by atoms with Crippen LogP contribution in [0.3, 0.4) is 0 Å². The lowest BCUT2D eigenvalue weighted by Gasteiger charge is -2.05. The molecule has 4 heteroatoms. The Labute approximate surface area is 207 Å². The van der Waals surface area contributed by atoms with Gasteiger partial charge >= 0.3 is 0 Å². The topological polar surface area (TPSA) is 0 Å². The average Bonchev–Trinajstić information content (AvgIpc) is 3.25. The average molecular weight is 644 g/mol. The minimum atomic E-state index is 1.10. The third-order valence-corrected chi connectivity index (χ3v) is 8.15. The molecular formula is C26H12Br4. The van der Waals surface area contributed by atoms with E-state index in [-0.39, 0.29) is 0 Å². The highest BCUT2D eigenvalue weighted by Crippen LogP contribution is 2.33. The van der Waals surface area contributed by atoms with Crippen LogP contribution in [0.1, 0.15) is 11.1 Å². The summed E-state index contributed by atoms with van der Waals surface area (Å²) in [6.07, 6.45) is 4.61. The number of halogens is 4. The highest BCUT2D eigenvalue weighted by atomic mass is 79.9. The van der Waals surface area contributed by atoms with Crippen LogP contribution in [0.5, 0.6) is 0 Å². The van der Waals surface area contributed by atoms with Crippen molar-refractivity contribution in [3.63, 3.8) is 0 Å². The predicted molar refractivity (Wildman–Crippen MR) is 139 cm³/mol. The zero-order valence-electron chi connectivity index (χ0n) is 15.4. The summed E-state index contributed by atoms with van der Waals surface area (Å²) < 4.78 is 4.40. The van der Waals surface area contributed by atoms with Crippen LogP contribution >= 0.6 is 63.7 Å². The van der Waals surface area contributed by atoms with Crippen LogP contribution in [-0.4, -0.2) is 0 Å². The first-order valence-corrected chi connectivity index (χ1v) is 12.6. The SMILES string of the molecule is Brc1ccc2c(c1)C=c1c-2ccc(Br)c1=c1c(Br)ccc2c1=Cc1cc(Br)ccc1-2. The fourth-order valence-corrected chi connectivity index (χ4v) is 6.42. The largest absolute Gasteiger partial charge is 0.0526 e. The molecule has 4 aromatic rings. The van der Waals surface area contributed by atoms with Gasteiger partial charge in [-0.2, -0.15) is 0 Å². The fraction of sp³-hybridized carbons (Fsp3) is 0. The monoisotopic (exact) mass is 640 g/mol. The van der Waals surface area contributed by atoms with Crippen LogP contribution in [0.25, 0.3) is 34.4 Å². The Morgan fingerprint density at radius 3 is 1.27 bits per heavy atom. The molecule has 2 aliphatic rings. The standard InChI is InChI=1S/C26H12Br4/c27-15-1-3-17-13(9-15)11-21-19(17)5-7-23(29)25(21)26-22-12-14-10-16(28)2-4-18(14)20(22)6-8-24(26)30/h1-12H. The van der Waals surface area contributed by atoms with Crippen molar-refractivity contribution in [1.82, 2.24) is 0 Å². The van der Waals surface area contributed by atoms with E-state index in [4.69, 9.17) is 0 Å². The second-order valence-corrected chi connectivity index (χ2v) is 11.1. The molecule has 0 nitrogen and oxygen atoms in total. The minimum absolute atomic E-state index is 1.10. The zero-order chi connectivity index (χ0) is 20.6. The maximum Gasteiger partial charge on any atom is 0.0260 e. The van der Waals surface area contributed by atoms with E-state index in [1.165, 1.54) is 54.3 Å². The summed E-state index contributed by atoms with van der Waals surface area (Å²) in [5.41, 5.74) is 7.61. The highest BCUT2D eigenvalue weighted by Gasteiger charge is 2.18. The van der Waals surface area contributed by atoms with Gasteiger partial charge in [0.05, 0.1) is 0 Å². The molecule has 0 saturated carbocycles. The van der Waals surface area contributed by atoms with Gasteiger partial charge in [0, 0.05) is 28.3 Å². The molecule has 0 radical (unpaired) electrons. The molecule has 0 unspecified atom stereocenters. The third-order valence-electron chi connectivity index (χ3n) is 5.85. The van der Waals surface area contributed by atoms with Crippen molar-refractivity contribution in [1.29, 1.82) is 0 Å². The summed E-state index contributed by atoms with van der Waals surface area (Å²) in [5.74, 6) is 0. The number of hydrogen-bond donors (Lipinski definition) is 0. The Kier molecular flexibility index (Phi) is 4.51. The summed E-state index contributed by atoms with van der Waals surface area (Å²) in [6.45, 7) is 0. The van der Waals surface area contributed by atoms with E-state index in [2.05, 4.69) is 137 Å². The molecule has 0 bridgehead atoms. The molecule has 144 valence electrons. The predicted octanol–water partition coefficient (Wildman–Crippen LogP) is 7.64.